The molecule has 2 atom stereocenters. The van der Waals surface area contributed by atoms with Crippen LogP contribution in [0.25, 0.3) is 0 Å². The minimum atomic E-state index is -0.0480. The molecule has 1 fully saturated rings. The van der Waals surface area contributed by atoms with E-state index in [1.165, 1.54) is 12.8 Å². The molecule has 2 unspecified atom stereocenters. The zero-order chi connectivity index (χ0) is 14.5. The highest BCUT2D eigenvalue weighted by Gasteiger charge is 2.25. The Balaban J connectivity index is 0.00000220. The Morgan fingerprint density at radius 3 is 2.55 bits per heavy atom. The SMILES string of the molecule is CN(C)c1ccc(C(=O)NC2CCCCC2CN)cn1.Cl.Cl. The first-order valence-electron chi connectivity index (χ1n) is 7.26. The molecule has 1 aromatic rings. The lowest BCUT2D eigenvalue weighted by Gasteiger charge is -2.31. The maximum atomic E-state index is 12.3. The summed E-state index contributed by atoms with van der Waals surface area (Å²) in [6.45, 7) is 0.642. The molecule has 1 heterocycles. The molecule has 0 bridgehead atoms. The van der Waals surface area contributed by atoms with Crippen molar-refractivity contribution in [3.63, 3.8) is 0 Å². The van der Waals surface area contributed by atoms with Gasteiger partial charge in [-0.3, -0.25) is 4.79 Å². The lowest BCUT2D eigenvalue weighted by molar-refractivity contribution is 0.0907. The summed E-state index contributed by atoms with van der Waals surface area (Å²) in [6, 6.07) is 3.88. The van der Waals surface area contributed by atoms with Crippen LogP contribution in [-0.4, -0.2) is 37.6 Å². The number of rotatable bonds is 4. The van der Waals surface area contributed by atoms with Gasteiger partial charge in [0.15, 0.2) is 0 Å². The molecular formula is C15H26Cl2N4O. The maximum Gasteiger partial charge on any atom is 0.253 e. The zero-order valence-electron chi connectivity index (χ0n) is 13.1. The third-order valence-electron chi connectivity index (χ3n) is 4.00. The van der Waals surface area contributed by atoms with Gasteiger partial charge < -0.3 is 16.0 Å². The molecule has 7 heteroatoms. The third-order valence-corrected chi connectivity index (χ3v) is 4.00. The van der Waals surface area contributed by atoms with Crippen LogP contribution >= 0.6 is 24.8 Å². The van der Waals surface area contributed by atoms with Gasteiger partial charge in [0.05, 0.1) is 5.56 Å². The van der Waals surface area contributed by atoms with E-state index in [4.69, 9.17) is 5.73 Å². The first-order valence-corrected chi connectivity index (χ1v) is 7.26. The zero-order valence-corrected chi connectivity index (χ0v) is 14.8. The van der Waals surface area contributed by atoms with Gasteiger partial charge in [0.25, 0.3) is 5.91 Å². The fourth-order valence-corrected chi connectivity index (χ4v) is 2.72. The molecule has 126 valence electrons. The van der Waals surface area contributed by atoms with Crippen LogP contribution < -0.4 is 16.0 Å². The highest BCUT2D eigenvalue weighted by atomic mass is 35.5. The Labute approximate surface area is 144 Å². The predicted octanol–water partition coefficient (Wildman–Crippen LogP) is 2.24. The van der Waals surface area contributed by atoms with E-state index in [9.17, 15) is 4.79 Å². The third kappa shape index (κ3) is 5.30. The molecule has 1 amide bonds. The van der Waals surface area contributed by atoms with Crippen LogP contribution in [0.4, 0.5) is 5.82 Å². The summed E-state index contributed by atoms with van der Waals surface area (Å²) in [5.41, 5.74) is 6.40. The van der Waals surface area contributed by atoms with Crippen molar-refractivity contribution in [2.24, 2.45) is 11.7 Å². The highest BCUT2D eigenvalue weighted by molar-refractivity contribution is 5.94. The average Bonchev–Trinajstić information content (AvgIpc) is 2.48. The number of nitrogens with one attached hydrogen (secondary N) is 1. The van der Waals surface area contributed by atoms with Crippen LogP contribution in [0, 0.1) is 5.92 Å². The number of pyridine rings is 1. The van der Waals surface area contributed by atoms with Crippen molar-refractivity contribution in [2.45, 2.75) is 31.7 Å². The molecular weight excluding hydrogens is 323 g/mol. The minimum absolute atomic E-state index is 0. The number of nitrogens with zero attached hydrogens (tertiary/aromatic N) is 2. The van der Waals surface area contributed by atoms with Crippen LogP contribution in [0.1, 0.15) is 36.0 Å². The molecule has 0 radical (unpaired) electrons. The normalized spacial score (nSPS) is 20.3. The van der Waals surface area contributed by atoms with E-state index in [0.29, 0.717) is 18.0 Å². The second kappa shape index (κ2) is 9.87. The second-order valence-corrected chi connectivity index (χ2v) is 5.66. The summed E-state index contributed by atoms with van der Waals surface area (Å²) in [5, 5.41) is 3.11. The van der Waals surface area contributed by atoms with Gasteiger partial charge in [-0.2, -0.15) is 0 Å². The fourth-order valence-electron chi connectivity index (χ4n) is 2.72. The summed E-state index contributed by atoms with van der Waals surface area (Å²) in [6.07, 6.45) is 6.15. The fraction of sp³-hybridized carbons (Fsp3) is 0.600. The molecule has 0 spiro atoms. The van der Waals surface area contributed by atoms with Gasteiger partial charge in [-0.25, -0.2) is 4.98 Å². The molecule has 0 aromatic carbocycles. The van der Waals surface area contributed by atoms with Crippen LogP contribution in [0.5, 0.6) is 0 Å². The van der Waals surface area contributed by atoms with Gasteiger partial charge >= 0.3 is 0 Å². The highest BCUT2D eigenvalue weighted by Crippen LogP contribution is 2.23. The molecule has 0 saturated heterocycles. The number of hydrogen-bond acceptors (Lipinski definition) is 4. The Morgan fingerprint density at radius 2 is 2.00 bits per heavy atom. The van der Waals surface area contributed by atoms with Crippen LogP contribution in [0.15, 0.2) is 18.3 Å². The van der Waals surface area contributed by atoms with Crippen LogP contribution in [0.3, 0.4) is 0 Å². The standard InChI is InChI=1S/C15H24N4O.2ClH/c1-19(2)14-8-7-12(10-17-14)15(20)18-13-6-4-3-5-11(13)9-16;;/h7-8,10-11,13H,3-6,9,16H2,1-2H3,(H,18,20);2*1H. The van der Waals surface area contributed by atoms with Crippen molar-refractivity contribution in [1.29, 1.82) is 0 Å². The van der Waals surface area contributed by atoms with E-state index in [0.717, 1.165) is 18.7 Å². The van der Waals surface area contributed by atoms with Gasteiger partial charge in [-0.15, -0.1) is 24.8 Å². The van der Waals surface area contributed by atoms with Crippen molar-refractivity contribution in [2.75, 3.05) is 25.5 Å². The monoisotopic (exact) mass is 348 g/mol. The summed E-state index contributed by atoms with van der Waals surface area (Å²) >= 11 is 0. The summed E-state index contributed by atoms with van der Waals surface area (Å²) in [7, 11) is 3.85. The lowest BCUT2D eigenvalue weighted by Crippen LogP contribution is -2.44. The van der Waals surface area contributed by atoms with Gasteiger partial charge in [-0.05, 0) is 37.4 Å². The van der Waals surface area contributed by atoms with E-state index >= 15 is 0 Å². The number of anilines is 1. The summed E-state index contributed by atoms with van der Waals surface area (Å²) in [4.78, 5) is 18.4. The quantitative estimate of drug-likeness (QED) is 0.875. The van der Waals surface area contributed by atoms with E-state index in [-0.39, 0.29) is 36.8 Å². The Morgan fingerprint density at radius 1 is 1.32 bits per heavy atom. The van der Waals surface area contributed by atoms with Crippen molar-refractivity contribution in [1.82, 2.24) is 10.3 Å². The van der Waals surface area contributed by atoms with Gasteiger partial charge in [0, 0.05) is 26.3 Å². The number of carbonyl (C=O) groups is 1. The summed E-state index contributed by atoms with van der Waals surface area (Å²) in [5.74, 6) is 1.20. The van der Waals surface area contributed by atoms with Crippen molar-refractivity contribution in [3.8, 4) is 0 Å². The molecule has 3 N–H and O–H groups in total. The Bertz CT molecular complexity index is 453. The van der Waals surface area contributed by atoms with Crippen LogP contribution in [0.2, 0.25) is 0 Å². The van der Waals surface area contributed by atoms with Crippen molar-refractivity contribution in [3.05, 3.63) is 23.9 Å². The number of carbonyl (C=O) groups excluding carboxylic acids is 1. The van der Waals surface area contributed by atoms with Crippen molar-refractivity contribution >= 4 is 36.5 Å². The van der Waals surface area contributed by atoms with E-state index in [1.54, 1.807) is 6.20 Å². The van der Waals surface area contributed by atoms with E-state index in [1.807, 2.05) is 31.1 Å². The van der Waals surface area contributed by atoms with Gasteiger partial charge in [-0.1, -0.05) is 12.8 Å². The Kier molecular flexibility index (Phi) is 9.41. The van der Waals surface area contributed by atoms with Gasteiger partial charge in [0.1, 0.15) is 5.82 Å². The second-order valence-electron chi connectivity index (χ2n) is 5.66. The number of halogens is 2. The van der Waals surface area contributed by atoms with E-state index in [2.05, 4.69) is 10.3 Å². The number of hydrogen-bond donors (Lipinski definition) is 2. The van der Waals surface area contributed by atoms with E-state index < -0.39 is 0 Å². The lowest BCUT2D eigenvalue weighted by atomic mass is 9.84. The van der Waals surface area contributed by atoms with Crippen LogP contribution in [-0.2, 0) is 0 Å². The predicted molar refractivity (Wildman–Crippen MR) is 95.3 cm³/mol. The molecule has 1 aliphatic rings. The first-order chi connectivity index (χ1) is 9.61. The number of nitrogens with two attached hydrogens (primary N) is 1. The molecule has 22 heavy (non-hydrogen) atoms. The molecule has 2 rings (SSSR count). The average molecular weight is 349 g/mol. The molecule has 0 aliphatic heterocycles. The van der Waals surface area contributed by atoms with Gasteiger partial charge in [0.2, 0.25) is 0 Å². The molecule has 1 saturated carbocycles. The van der Waals surface area contributed by atoms with Crippen molar-refractivity contribution < 1.29 is 4.79 Å². The largest absolute Gasteiger partial charge is 0.363 e. The number of aromatic nitrogens is 1. The number of amides is 1. The Hall–Kier alpha value is -1.04. The maximum absolute atomic E-state index is 12.3. The summed E-state index contributed by atoms with van der Waals surface area (Å²) < 4.78 is 0. The topological polar surface area (TPSA) is 71.2 Å². The first kappa shape index (κ1) is 21.0. The molecule has 1 aromatic heterocycles. The molecule has 5 nitrogen and oxygen atoms in total. The minimum Gasteiger partial charge on any atom is -0.363 e. The molecule has 1 aliphatic carbocycles. The smallest absolute Gasteiger partial charge is 0.253 e.